The van der Waals surface area contributed by atoms with Crippen LogP contribution in [0.1, 0.15) is 26.2 Å². The molecule has 1 fully saturated rings. The van der Waals surface area contributed by atoms with Gasteiger partial charge < -0.3 is 15.3 Å². The van der Waals surface area contributed by atoms with E-state index < -0.39 is 21.8 Å². The molecule has 8 heteroatoms. The van der Waals surface area contributed by atoms with Crippen LogP contribution in [0.2, 0.25) is 0 Å². The lowest BCUT2D eigenvalue weighted by Gasteiger charge is -2.24. The van der Waals surface area contributed by atoms with Crippen molar-refractivity contribution >= 4 is 21.8 Å². The highest BCUT2D eigenvalue weighted by molar-refractivity contribution is 7.90. The highest BCUT2D eigenvalue weighted by Gasteiger charge is 2.33. The van der Waals surface area contributed by atoms with E-state index in [0.29, 0.717) is 0 Å². The van der Waals surface area contributed by atoms with E-state index in [-0.39, 0.29) is 30.8 Å². The molecule has 19 heavy (non-hydrogen) atoms. The van der Waals surface area contributed by atoms with Gasteiger partial charge in [0.25, 0.3) is 0 Å². The number of carboxylic acid groups (broad SMARTS) is 1. The van der Waals surface area contributed by atoms with Gasteiger partial charge in [-0.25, -0.2) is 13.2 Å². The number of rotatable bonds is 7. The van der Waals surface area contributed by atoms with E-state index in [2.05, 4.69) is 5.32 Å². The fourth-order valence-corrected chi connectivity index (χ4v) is 2.83. The standard InChI is InChI=1S/C11H20N2O5S/c1-8(7-19(2,17)18)12-11(16)13(9-3-4-9)6-5-10(14)15/h8-9H,3-7H2,1-2H3,(H,12,16)(H,14,15). The van der Waals surface area contributed by atoms with Gasteiger partial charge >= 0.3 is 12.0 Å². The molecule has 1 unspecified atom stereocenters. The summed E-state index contributed by atoms with van der Waals surface area (Å²) in [6.07, 6.45) is 2.74. The number of carboxylic acids is 1. The van der Waals surface area contributed by atoms with Gasteiger partial charge in [0.2, 0.25) is 0 Å². The van der Waals surface area contributed by atoms with Crippen LogP contribution in [-0.4, -0.2) is 61.1 Å². The summed E-state index contributed by atoms with van der Waals surface area (Å²) in [6.45, 7) is 1.76. The normalized spacial score (nSPS) is 16.7. The predicted molar refractivity (Wildman–Crippen MR) is 69.7 cm³/mol. The zero-order valence-electron chi connectivity index (χ0n) is 11.1. The second kappa shape index (κ2) is 6.23. The highest BCUT2D eigenvalue weighted by atomic mass is 32.2. The summed E-state index contributed by atoms with van der Waals surface area (Å²) < 4.78 is 22.2. The molecule has 1 aliphatic carbocycles. The number of carbonyl (C=O) groups excluding carboxylic acids is 1. The van der Waals surface area contributed by atoms with E-state index in [9.17, 15) is 18.0 Å². The van der Waals surface area contributed by atoms with E-state index in [0.717, 1.165) is 19.1 Å². The Morgan fingerprint density at radius 3 is 2.42 bits per heavy atom. The first-order valence-corrected chi connectivity index (χ1v) is 8.21. The summed E-state index contributed by atoms with van der Waals surface area (Å²) in [5, 5.41) is 11.2. The molecule has 2 amide bonds. The van der Waals surface area contributed by atoms with Gasteiger partial charge in [0.15, 0.2) is 0 Å². The van der Waals surface area contributed by atoms with E-state index in [1.165, 1.54) is 4.90 Å². The summed E-state index contributed by atoms with van der Waals surface area (Å²) in [6, 6.07) is -0.793. The molecule has 0 aromatic rings. The van der Waals surface area contributed by atoms with Crippen LogP contribution in [0.3, 0.4) is 0 Å². The smallest absolute Gasteiger partial charge is 0.317 e. The Morgan fingerprint density at radius 2 is 2.00 bits per heavy atom. The SMILES string of the molecule is CC(CS(C)(=O)=O)NC(=O)N(CCC(=O)O)C1CC1. The van der Waals surface area contributed by atoms with Gasteiger partial charge in [-0.1, -0.05) is 0 Å². The van der Waals surface area contributed by atoms with Crippen LogP contribution in [0.4, 0.5) is 4.79 Å². The monoisotopic (exact) mass is 292 g/mol. The van der Waals surface area contributed by atoms with E-state index in [4.69, 9.17) is 5.11 Å². The molecule has 0 radical (unpaired) electrons. The molecule has 2 N–H and O–H groups in total. The first-order valence-electron chi connectivity index (χ1n) is 6.15. The van der Waals surface area contributed by atoms with Crippen molar-refractivity contribution < 1.29 is 23.1 Å². The Bertz CT molecular complexity index is 444. The van der Waals surface area contributed by atoms with Crippen molar-refractivity contribution in [1.82, 2.24) is 10.2 Å². The van der Waals surface area contributed by atoms with Gasteiger partial charge in [-0.3, -0.25) is 4.79 Å². The molecule has 1 atom stereocenters. The molecule has 0 spiro atoms. The first-order chi connectivity index (χ1) is 8.69. The Morgan fingerprint density at radius 1 is 1.42 bits per heavy atom. The lowest BCUT2D eigenvalue weighted by Crippen LogP contribution is -2.47. The summed E-state index contributed by atoms with van der Waals surface area (Å²) >= 11 is 0. The summed E-state index contributed by atoms with van der Waals surface area (Å²) in [4.78, 5) is 24.0. The molecule has 0 bridgehead atoms. The lowest BCUT2D eigenvalue weighted by atomic mass is 10.3. The number of nitrogens with one attached hydrogen (secondary N) is 1. The number of urea groups is 1. The Balaban J connectivity index is 2.50. The van der Waals surface area contributed by atoms with Crippen molar-refractivity contribution in [2.24, 2.45) is 0 Å². The zero-order valence-corrected chi connectivity index (χ0v) is 11.9. The topological polar surface area (TPSA) is 104 Å². The van der Waals surface area contributed by atoms with Crippen LogP contribution in [0.15, 0.2) is 0 Å². The molecule has 1 aliphatic rings. The molecule has 110 valence electrons. The molecule has 0 aromatic heterocycles. The molecule has 7 nitrogen and oxygen atoms in total. The minimum Gasteiger partial charge on any atom is -0.481 e. The number of hydrogen-bond donors (Lipinski definition) is 2. The Kier molecular flexibility index (Phi) is 5.16. The Hall–Kier alpha value is -1.31. The van der Waals surface area contributed by atoms with Crippen LogP contribution in [0.5, 0.6) is 0 Å². The number of nitrogens with zero attached hydrogens (tertiary/aromatic N) is 1. The van der Waals surface area contributed by atoms with Crippen LogP contribution in [0, 0.1) is 0 Å². The third-order valence-electron chi connectivity index (χ3n) is 2.74. The predicted octanol–water partition coefficient (Wildman–Crippen LogP) is 0.0682. The molecule has 1 rings (SSSR count). The number of sulfone groups is 1. The lowest BCUT2D eigenvalue weighted by molar-refractivity contribution is -0.137. The highest BCUT2D eigenvalue weighted by Crippen LogP contribution is 2.27. The van der Waals surface area contributed by atoms with Crippen molar-refractivity contribution in [2.45, 2.75) is 38.3 Å². The van der Waals surface area contributed by atoms with Gasteiger partial charge in [0.05, 0.1) is 12.2 Å². The first kappa shape index (κ1) is 15.7. The van der Waals surface area contributed by atoms with Gasteiger partial charge in [0, 0.05) is 24.9 Å². The maximum Gasteiger partial charge on any atom is 0.317 e. The molecule has 1 saturated carbocycles. The van der Waals surface area contributed by atoms with Crippen molar-refractivity contribution in [3.63, 3.8) is 0 Å². The van der Waals surface area contributed by atoms with Crippen LogP contribution in [0.25, 0.3) is 0 Å². The number of aliphatic carboxylic acids is 1. The van der Waals surface area contributed by atoms with Crippen LogP contribution in [-0.2, 0) is 14.6 Å². The average molecular weight is 292 g/mol. The quantitative estimate of drug-likeness (QED) is 0.691. The van der Waals surface area contributed by atoms with Gasteiger partial charge in [-0.05, 0) is 19.8 Å². The summed E-state index contributed by atoms with van der Waals surface area (Å²) in [7, 11) is -3.15. The number of carbonyl (C=O) groups is 2. The fraction of sp³-hybridized carbons (Fsp3) is 0.818. The zero-order chi connectivity index (χ0) is 14.6. The van der Waals surface area contributed by atoms with Crippen molar-refractivity contribution in [1.29, 1.82) is 0 Å². The second-order valence-electron chi connectivity index (χ2n) is 5.01. The molecular formula is C11H20N2O5S. The molecule has 0 saturated heterocycles. The summed E-state index contributed by atoms with van der Waals surface area (Å²) in [5.41, 5.74) is 0. The molecule has 0 aromatic carbocycles. The third kappa shape index (κ3) is 6.42. The fourth-order valence-electron chi connectivity index (χ4n) is 1.84. The van der Waals surface area contributed by atoms with Crippen LogP contribution < -0.4 is 5.32 Å². The minimum atomic E-state index is -3.15. The van der Waals surface area contributed by atoms with E-state index >= 15 is 0 Å². The second-order valence-corrected chi connectivity index (χ2v) is 7.20. The average Bonchev–Trinajstić information content (AvgIpc) is 2.97. The van der Waals surface area contributed by atoms with E-state index in [1.807, 2.05) is 0 Å². The van der Waals surface area contributed by atoms with Crippen molar-refractivity contribution in [2.75, 3.05) is 18.6 Å². The largest absolute Gasteiger partial charge is 0.481 e. The molecule has 0 aliphatic heterocycles. The van der Waals surface area contributed by atoms with Crippen LogP contribution >= 0.6 is 0 Å². The van der Waals surface area contributed by atoms with Gasteiger partial charge in [0.1, 0.15) is 9.84 Å². The summed E-state index contributed by atoms with van der Waals surface area (Å²) in [5.74, 6) is -1.08. The Labute approximate surface area is 112 Å². The molecular weight excluding hydrogens is 272 g/mol. The minimum absolute atomic E-state index is 0.0878. The molecule has 0 heterocycles. The maximum absolute atomic E-state index is 12.0. The third-order valence-corrected chi connectivity index (χ3v) is 3.84. The number of amides is 2. The van der Waals surface area contributed by atoms with Crippen molar-refractivity contribution in [3.05, 3.63) is 0 Å². The van der Waals surface area contributed by atoms with Gasteiger partial charge in [-0.2, -0.15) is 0 Å². The maximum atomic E-state index is 12.0. The van der Waals surface area contributed by atoms with Crippen molar-refractivity contribution in [3.8, 4) is 0 Å². The van der Waals surface area contributed by atoms with E-state index in [1.54, 1.807) is 6.92 Å². The van der Waals surface area contributed by atoms with Gasteiger partial charge in [-0.15, -0.1) is 0 Å². The number of hydrogen-bond acceptors (Lipinski definition) is 4.